The maximum Gasteiger partial charge on any atom is 0.132 e. The van der Waals surface area contributed by atoms with Crippen molar-refractivity contribution < 1.29 is 0 Å². The van der Waals surface area contributed by atoms with Crippen molar-refractivity contribution >= 4 is 27.5 Å². The highest BCUT2D eigenvalue weighted by atomic mass is 79.9. The molecule has 0 aliphatic heterocycles. The fourth-order valence-electron chi connectivity index (χ4n) is 1.73. The van der Waals surface area contributed by atoms with E-state index >= 15 is 0 Å². The van der Waals surface area contributed by atoms with Crippen molar-refractivity contribution in [2.24, 2.45) is 0 Å². The average molecular weight is 311 g/mol. The lowest BCUT2D eigenvalue weighted by Crippen LogP contribution is -1.96. The number of aromatic nitrogens is 1. The van der Waals surface area contributed by atoms with Gasteiger partial charge in [0.15, 0.2) is 0 Å². The first-order chi connectivity index (χ1) is 8.20. The molecule has 0 saturated heterocycles. The Hall–Kier alpha value is -0.860. The molecule has 0 bridgehead atoms. The van der Waals surface area contributed by atoms with E-state index in [0.717, 1.165) is 28.6 Å². The van der Waals surface area contributed by atoms with Crippen molar-refractivity contribution in [2.45, 2.75) is 19.8 Å². The third-order valence-electron chi connectivity index (χ3n) is 2.65. The molecule has 1 aromatic carbocycles. The SMILES string of the molecule is CCc1nc(Cl)c(Cc2ccccc2)cc1Br. The molecule has 1 heterocycles. The number of nitrogens with zero attached hydrogens (tertiary/aromatic N) is 1. The Balaban J connectivity index is 2.31. The first-order valence-corrected chi connectivity index (χ1v) is 6.75. The smallest absolute Gasteiger partial charge is 0.132 e. The fraction of sp³-hybridized carbons (Fsp3) is 0.214. The van der Waals surface area contributed by atoms with E-state index in [0.29, 0.717) is 5.15 Å². The molecule has 0 N–H and O–H groups in total. The molecule has 0 radical (unpaired) electrons. The van der Waals surface area contributed by atoms with Gasteiger partial charge in [0.25, 0.3) is 0 Å². The summed E-state index contributed by atoms with van der Waals surface area (Å²) in [5.74, 6) is 0. The Morgan fingerprint density at radius 1 is 1.24 bits per heavy atom. The van der Waals surface area contributed by atoms with Gasteiger partial charge in [-0.3, -0.25) is 0 Å². The second-order valence-corrected chi connectivity index (χ2v) is 5.10. The molecular formula is C14H13BrClN. The summed E-state index contributed by atoms with van der Waals surface area (Å²) in [6.07, 6.45) is 1.70. The van der Waals surface area contributed by atoms with Crippen LogP contribution >= 0.6 is 27.5 Å². The summed E-state index contributed by atoms with van der Waals surface area (Å²) in [7, 11) is 0. The summed E-state index contributed by atoms with van der Waals surface area (Å²) in [6, 6.07) is 12.3. The molecule has 1 nitrogen and oxygen atoms in total. The molecule has 88 valence electrons. The average Bonchev–Trinajstić information content (AvgIpc) is 2.34. The van der Waals surface area contributed by atoms with Gasteiger partial charge in [0.05, 0.1) is 5.69 Å². The number of aryl methyl sites for hydroxylation is 1. The summed E-state index contributed by atoms with van der Waals surface area (Å²) >= 11 is 9.73. The predicted molar refractivity (Wildman–Crippen MR) is 75.6 cm³/mol. The lowest BCUT2D eigenvalue weighted by molar-refractivity contribution is 1.00. The van der Waals surface area contributed by atoms with E-state index < -0.39 is 0 Å². The highest BCUT2D eigenvalue weighted by molar-refractivity contribution is 9.10. The normalized spacial score (nSPS) is 10.5. The first-order valence-electron chi connectivity index (χ1n) is 5.58. The monoisotopic (exact) mass is 309 g/mol. The van der Waals surface area contributed by atoms with Gasteiger partial charge in [0.1, 0.15) is 5.15 Å². The van der Waals surface area contributed by atoms with Crippen molar-refractivity contribution in [1.29, 1.82) is 0 Å². The van der Waals surface area contributed by atoms with Gasteiger partial charge >= 0.3 is 0 Å². The lowest BCUT2D eigenvalue weighted by atomic mass is 10.1. The highest BCUT2D eigenvalue weighted by Crippen LogP contribution is 2.24. The van der Waals surface area contributed by atoms with Gasteiger partial charge in [-0.05, 0) is 39.5 Å². The van der Waals surface area contributed by atoms with E-state index in [4.69, 9.17) is 11.6 Å². The van der Waals surface area contributed by atoms with Crippen LogP contribution in [0.15, 0.2) is 40.9 Å². The van der Waals surface area contributed by atoms with Crippen molar-refractivity contribution in [3.05, 3.63) is 62.8 Å². The summed E-state index contributed by atoms with van der Waals surface area (Å²) in [5.41, 5.74) is 3.31. The van der Waals surface area contributed by atoms with Crippen molar-refractivity contribution in [2.75, 3.05) is 0 Å². The highest BCUT2D eigenvalue weighted by Gasteiger charge is 2.08. The van der Waals surface area contributed by atoms with Crippen LogP contribution in [0.3, 0.4) is 0 Å². The Morgan fingerprint density at radius 2 is 1.94 bits per heavy atom. The minimum atomic E-state index is 0.605. The molecule has 0 aliphatic rings. The zero-order chi connectivity index (χ0) is 12.3. The number of halogens is 2. The Morgan fingerprint density at radius 3 is 2.59 bits per heavy atom. The van der Waals surface area contributed by atoms with E-state index in [1.54, 1.807) is 0 Å². The molecule has 0 amide bonds. The molecule has 0 saturated carbocycles. The molecule has 0 unspecified atom stereocenters. The van der Waals surface area contributed by atoms with Gasteiger partial charge in [-0.2, -0.15) is 0 Å². The van der Waals surface area contributed by atoms with E-state index in [-0.39, 0.29) is 0 Å². The summed E-state index contributed by atoms with van der Waals surface area (Å²) < 4.78 is 1.04. The molecule has 1 aromatic heterocycles. The van der Waals surface area contributed by atoms with Crippen molar-refractivity contribution in [3.63, 3.8) is 0 Å². The second kappa shape index (κ2) is 5.65. The minimum Gasteiger partial charge on any atom is -0.240 e. The zero-order valence-corrected chi connectivity index (χ0v) is 11.9. The largest absolute Gasteiger partial charge is 0.240 e. The van der Waals surface area contributed by atoms with Crippen molar-refractivity contribution in [1.82, 2.24) is 4.98 Å². The van der Waals surface area contributed by atoms with E-state index in [1.165, 1.54) is 5.56 Å². The van der Waals surface area contributed by atoms with E-state index in [1.807, 2.05) is 18.2 Å². The van der Waals surface area contributed by atoms with Gasteiger partial charge < -0.3 is 0 Å². The molecule has 17 heavy (non-hydrogen) atoms. The van der Waals surface area contributed by atoms with Crippen LogP contribution in [-0.2, 0) is 12.8 Å². The van der Waals surface area contributed by atoms with Crippen LogP contribution < -0.4 is 0 Å². The third-order valence-corrected chi connectivity index (χ3v) is 3.66. The zero-order valence-electron chi connectivity index (χ0n) is 9.58. The molecular weight excluding hydrogens is 298 g/mol. The van der Waals surface area contributed by atoms with E-state index in [9.17, 15) is 0 Å². The Bertz CT molecular complexity index is 511. The van der Waals surface area contributed by atoms with Crippen LogP contribution in [0.1, 0.15) is 23.7 Å². The minimum absolute atomic E-state index is 0.605. The third kappa shape index (κ3) is 3.08. The quantitative estimate of drug-likeness (QED) is 0.752. The predicted octanol–water partition coefficient (Wildman–Crippen LogP) is 4.65. The van der Waals surface area contributed by atoms with Crippen LogP contribution in [-0.4, -0.2) is 4.98 Å². The van der Waals surface area contributed by atoms with Crippen molar-refractivity contribution in [3.8, 4) is 0 Å². The molecule has 0 fully saturated rings. The van der Waals surface area contributed by atoms with E-state index in [2.05, 4.69) is 46.0 Å². The molecule has 0 atom stereocenters. The Kier molecular flexibility index (Phi) is 4.19. The van der Waals surface area contributed by atoms with Gasteiger partial charge in [-0.25, -0.2) is 4.98 Å². The van der Waals surface area contributed by atoms with Crippen LogP contribution in [0.4, 0.5) is 0 Å². The summed E-state index contributed by atoms with van der Waals surface area (Å²) in [6.45, 7) is 2.07. The molecule has 2 aromatic rings. The van der Waals surface area contributed by atoms with Crippen LogP contribution in [0.25, 0.3) is 0 Å². The topological polar surface area (TPSA) is 12.9 Å². The summed E-state index contributed by atoms with van der Waals surface area (Å²) in [4.78, 5) is 4.41. The summed E-state index contributed by atoms with van der Waals surface area (Å²) in [5, 5.41) is 0.605. The maximum absolute atomic E-state index is 6.20. The lowest BCUT2D eigenvalue weighted by Gasteiger charge is -2.08. The maximum atomic E-state index is 6.20. The number of hydrogen-bond donors (Lipinski definition) is 0. The van der Waals surface area contributed by atoms with Crippen LogP contribution in [0, 0.1) is 0 Å². The molecule has 0 spiro atoms. The number of rotatable bonds is 3. The van der Waals surface area contributed by atoms with Gasteiger partial charge in [-0.15, -0.1) is 0 Å². The molecule has 0 aliphatic carbocycles. The van der Waals surface area contributed by atoms with Crippen LogP contribution in [0.5, 0.6) is 0 Å². The van der Waals surface area contributed by atoms with Gasteiger partial charge in [0, 0.05) is 10.9 Å². The number of benzene rings is 1. The fourth-order valence-corrected chi connectivity index (χ4v) is 2.60. The number of pyridine rings is 1. The van der Waals surface area contributed by atoms with Crippen LogP contribution in [0.2, 0.25) is 5.15 Å². The molecule has 2 rings (SSSR count). The standard InChI is InChI=1S/C14H13BrClN/c1-2-13-12(15)9-11(14(16)17-13)8-10-6-4-3-5-7-10/h3-7,9H,2,8H2,1H3. The number of hydrogen-bond acceptors (Lipinski definition) is 1. The van der Waals surface area contributed by atoms with Gasteiger partial charge in [-0.1, -0.05) is 48.9 Å². The van der Waals surface area contributed by atoms with Gasteiger partial charge in [0.2, 0.25) is 0 Å². The Labute approximate surface area is 115 Å². The molecule has 3 heteroatoms. The second-order valence-electron chi connectivity index (χ2n) is 3.88. The first kappa shape index (κ1) is 12.6.